The number of fused-ring (bicyclic) bond motifs is 3. The number of aromatic nitrogens is 1. The number of hydrogen-bond acceptors (Lipinski definition) is 4. The first-order valence-electron chi connectivity index (χ1n) is 12.4. The third-order valence-corrected chi connectivity index (χ3v) is 8.61. The zero-order valence-electron chi connectivity index (χ0n) is 21.2. The third kappa shape index (κ3) is 4.16. The number of halogens is 2. The molecule has 1 aromatic heterocycles. The largest absolute Gasteiger partial charge is 0.349 e. The molecule has 2 aliphatic heterocycles. The molecule has 1 spiro atoms. The molecular formula is C28H27BrClN5O3. The highest BCUT2D eigenvalue weighted by Crippen LogP contribution is 2.46. The number of anilines is 1. The van der Waals surface area contributed by atoms with Gasteiger partial charge in [0.15, 0.2) is 0 Å². The Balaban J connectivity index is 1.47. The highest BCUT2D eigenvalue weighted by molar-refractivity contribution is 9.10. The van der Waals surface area contributed by atoms with Crippen LogP contribution in [0.4, 0.5) is 5.69 Å². The molecule has 3 amide bonds. The molecule has 1 fully saturated rings. The van der Waals surface area contributed by atoms with Gasteiger partial charge in [-0.1, -0.05) is 59.6 Å². The van der Waals surface area contributed by atoms with Gasteiger partial charge in [0, 0.05) is 35.6 Å². The molecule has 2 aliphatic rings. The summed E-state index contributed by atoms with van der Waals surface area (Å²) < 4.78 is 0.791. The molecule has 0 radical (unpaired) electrons. The van der Waals surface area contributed by atoms with Crippen molar-refractivity contribution in [2.45, 2.75) is 44.2 Å². The van der Waals surface area contributed by atoms with Gasteiger partial charge in [0.25, 0.3) is 5.91 Å². The smallest absolute Gasteiger partial charge is 0.270 e. The summed E-state index contributed by atoms with van der Waals surface area (Å²) in [6.45, 7) is 4.04. The number of rotatable bonds is 5. The Morgan fingerprint density at radius 3 is 2.71 bits per heavy atom. The summed E-state index contributed by atoms with van der Waals surface area (Å²) in [5, 5.41) is 14.2. The number of hydrogen-bond donors (Lipinski definition) is 2. The van der Waals surface area contributed by atoms with Gasteiger partial charge in [-0.3, -0.25) is 14.4 Å². The second-order valence-electron chi connectivity index (χ2n) is 10.5. The van der Waals surface area contributed by atoms with Gasteiger partial charge in [0.05, 0.1) is 22.0 Å². The fourth-order valence-electron chi connectivity index (χ4n) is 5.65. The lowest BCUT2D eigenvalue weighted by molar-refractivity contribution is -0.136. The number of carbonyl (C=O) groups is 3. The van der Waals surface area contributed by atoms with Crippen LogP contribution in [0.1, 0.15) is 42.7 Å². The molecular weight excluding hydrogens is 570 g/mol. The van der Waals surface area contributed by atoms with E-state index >= 15 is 0 Å². The van der Waals surface area contributed by atoms with E-state index in [1.165, 1.54) is 9.80 Å². The van der Waals surface area contributed by atoms with Gasteiger partial charge in [0.2, 0.25) is 11.8 Å². The van der Waals surface area contributed by atoms with Gasteiger partial charge in [-0.25, -0.2) is 0 Å². The average molecular weight is 597 g/mol. The minimum atomic E-state index is -0.988. The number of nitriles is 1. The lowest BCUT2D eigenvalue weighted by Gasteiger charge is -2.33. The lowest BCUT2D eigenvalue weighted by Crippen LogP contribution is -2.52. The summed E-state index contributed by atoms with van der Waals surface area (Å²) in [5.74, 6) is -0.822. The number of likely N-dealkylation sites (N-methyl/N-ethyl adjacent to an activating group) is 1. The molecule has 10 heteroatoms. The van der Waals surface area contributed by atoms with E-state index in [4.69, 9.17) is 11.6 Å². The molecule has 2 N–H and O–H groups in total. The molecule has 8 nitrogen and oxygen atoms in total. The first kappa shape index (κ1) is 26.3. The second kappa shape index (κ2) is 9.75. The summed E-state index contributed by atoms with van der Waals surface area (Å²) in [4.78, 5) is 46.9. The number of carbonyl (C=O) groups excluding carboxylic acids is 3. The van der Waals surface area contributed by atoms with Crippen molar-refractivity contribution >= 4 is 61.8 Å². The average Bonchev–Trinajstić information content (AvgIpc) is 3.59. The molecule has 38 heavy (non-hydrogen) atoms. The van der Waals surface area contributed by atoms with Crippen molar-refractivity contribution in [3.8, 4) is 6.07 Å². The van der Waals surface area contributed by atoms with E-state index in [2.05, 4.69) is 32.3 Å². The molecule has 1 saturated heterocycles. The second-order valence-corrected chi connectivity index (χ2v) is 11.7. The van der Waals surface area contributed by atoms with E-state index in [1.807, 2.05) is 44.2 Å². The van der Waals surface area contributed by atoms with Crippen LogP contribution in [0.15, 0.2) is 46.9 Å². The van der Waals surface area contributed by atoms with Crippen LogP contribution in [0.3, 0.4) is 0 Å². The van der Waals surface area contributed by atoms with E-state index in [-0.39, 0.29) is 36.6 Å². The minimum Gasteiger partial charge on any atom is -0.349 e. The summed E-state index contributed by atoms with van der Waals surface area (Å²) in [5.41, 5.74) is 1.44. The van der Waals surface area contributed by atoms with Crippen LogP contribution in [-0.4, -0.2) is 58.2 Å². The Hall–Kier alpha value is -3.35. The molecule has 3 heterocycles. The molecule has 2 aromatic carbocycles. The van der Waals surface area contributed by atoms with Crippen molar-refractivity contribution < 1.29 is 14.4 Å². The zero-order valence-corrected chi connectivity index (χ0v) is 23.6. The SMILES string of the molecule is CC(C)C[C@@H](C(=O)N1C[C@]2(C[C@H]1C#N)C(=O)Nc1ccccc12)N(C)C(=O)c1cc2c(Br)ccc(Cl)c2[nH]1. The Labute approximate surface area is 234 Å². The van der Waals surface area contributed by atoms with Gasteiger partial charge < -0.3 is 20.1 Å². The topological polar surface area (TPSA) is 109 Å². The van der Waals surface area contributed by atoms with Crippen LogP contribution in [0.2, 0.25) is 5.02 Å². The van der Waals surface area contributed by atoms with Gasteiger partial charge in [-0.05, 0) is 42.2 Å². The lowest BCUT2D eigenvalue weighted by atomic mass is 9.80. The van der Waals surface area contributed by atoms with Gasteiger partial charge in [-0.15, -0.1) is 0 Å². The monoisotopic (exact) mass is 595 g/mol. The fraction of sp³-hybridized carbons (Fsp3) is 0.357. The van der Waals surface area contributed by atoms with Crippen molar-refractivity contribution in [2.24, 2.45) is 5.92 Å². The van der Waals surface area contributed by atoms with Crippen LogP contribution in [0, 0.1) is 17.2 Å². The number of H-pyrrole nitrogens is 1. The maximum absolute atomic E-state index is 14.1. The maximum Gasteiger partial charge on any atom is 0.270 e. The van der Waals surface area contributed by atoms with Crippen LogP contribution < -0.4 is 5.32 Å². The number of likely N-dealkylation sites (tertiary alicyclic amines) is 1. The summed E-state index contributed by atoms with van der Waals surface area (Å²) in [6.07, 6.45) is 0.606. The molecule has 0 aliphatic carbocycles. The quantitative estimate of drug-likeness (QED) is 0.428. The number of aromatic amines is 1. The van der Waals surface area contributed by atoms with Crippen molar-refractivity contribution in [1.29, 1.82) is 5.26 Å². The molecule has 5 rings (SSSR count). The Bertz CT molecular complexity index is 1470. The summed E-state index contributed by atoms with van der Waals surface area (Å²) >= 11 is 9.83. The Kier molecular flexibility index (Phi) is 6.74. The highest BCUT2D eigenvalue weighted by Gasteiger charge is 2.56. The summed E-state index contributed by atoms with van der Waals surface area (Å²) in [7, 11) is 1.60. The summed E-state index contributed by atoms with van der Waals surface area (Å²) in [6, 6.07) is 13.3. The molecule has 0 bridgehead atoms. The van der Waals surface area contributed by atoms with Crippen LogP contribution >= 0.6 is 27.5 Å². The van der Waals surface area contributed by atoms with E-state index in [1.54, 1.807) is 19.2 Å². The van der Waals surface area contributed by atoms with E-state index in [9.17, 15) is 19.6 Å². The maximum atomic E-state index is 14.1. The predicted octanol–water partition coefficient (Wildman–Crippen LogP) is 5.09. The van der Waals surface area contributed by atoms with E-state index in [0.717, 1.165) is 15.4 Å². The van der Waals surface area contributed by atoms with Crippen LogP contribution in [0.5, 0.6) is 0 Å². The number of benzene rings is 2. The highest BCUT2D eigenvalue weighted by atomic mass is 79.9. The molecule has 0 unspecified atom stereocenters. The van der Waals surface area contributed by atoms with Gasteiger partial charge in [-0.2, -0.15) is 5.26 Å². The van der Waals surface area contributed by atoms with Crippen LogP contribution in [-0.2, 0) is 15.0 Å². The third-order valence-electron chi connectivity index (χ3n) is 7.60. The van der Waals surface area contributed by atoms with Crippen molar-refractivity contribution in [1.82, 2.24) is 14.8 Å². The number of amides is 3. The first-order valence-corrected chi connectivity index (χ1v) is 13.6. The number of nitrogens with zero attached hydrogens (tertiary/aromatic N) is 3. The van der Waals surface area contributed by atoms with E-state index in [0.29, 0.717) is 28.3 Å². The fourth-order valence-corrected chi connectivity index (χ4v) is 6.30. The van der Waals surface area contributed by atoms with Gasteiger partial charge >= 0.3 is 0 Å². The predicted molar refractivity (Wildman–Crippen MR) is 149 cm³/mol. The van der Waals surface area contributed by atoms with E-state index < -0.39 is 17.5 Å². The minimum absolute atomic E-state index is 0.0818. The van der Waals surface area contributed by atoms with Crippen LogP contribution in [0.25, 0.3) is 10.9 Å². The van der Waals surface area contributed by atoms with Crippen molar-refractivity contribution in [3.05, 3.63) is 63.2 Å². The standard InChI is InChI=1S/C28H27BrClN5O3/c1-15(2)10-23(34(3)25(36)22-11-17-19(29)8-9-20(30)24(17)32-22)26(37)35-14-28(12-16(35)13-31)18-6-4-5-7-21(18)33-27(28)38/h4-9,11,15-16,23,32H,10,12,14H2,1-3H3,(H,33,38)/t16-,23-,28-/m0/s1. The number of nitrogens with one attached hydrogen (secondary N) is 2. The molecule has 3 atom stereocenters. The molecule has 0 saturated carbocycles. The first-order chi connectivity index (χ1) is 18.1. The Morgan fingerprint density at radius 2 is 2.03 bits per heavy atom. The van der Waals surface area contributed by atoms with Gasteiger partial charge in [0.1, 0.15) is 17.8 Å². The van der Waals surface area contributed by atoms with Crippen molar-refractivity contribution in [3.63, 3.8) is 0 Å². The Morgan fingerprint density at radius 1 is 1.29 bits per heavy atom. The molecule has 3 aromatic rings. The zero-order chi connectivity index (χ0) is 27.4. The van der Waals surface area contributed by atoms with Crippen molar-refractivity contribution in [2.75, 3.05) is 18.9 Å². The number of para-hydroxylation sites is 1. The molecule has 196 valence electrons. The normalized spacial score (nSPS) is 21.0.